The van der Waals surface area contributed by atoms with Crippen molar-refractivity contribution in [2.24, 2.45) is 11.5 Å². The molecule has 4 aromatic carbocycles. The number of benzene rings is 4. The number of imide groups is 4. The van der Waals surface area contributed by atoms with Crippen LogP contribution in [0.15, 0.2) is 97.1 Å². The molecule has 4 heterocycles. The van der Waals surface area contributed by atoms with Gasteiger partial charge in [-0.25, -0.2) is 0 Å². The van der Waals surface area contributed by atoms with Crippen LogP contribution in [0.5, 0.6) is 0 Å². The Balaban J connectivity index is 0.000000377. The van der Waals surface area contributed by atoms with Gasteiger partial charge in [0.2, 0.25) is 0 Å². The van der Waals surface area contributed by atoms with E-state index in [1.165, 1.54) is 19.6 Å². The highest BCUT2D eigenvalue weighted by Crippen LogP contribution is 2.26. The lowest BCUT2D eigenvalue weighted by atomic mass is 10.1. The number of halogens is 3. The highest BCUT2D eigenvalue weighted by molar-refractivity contribution is 9.09. The van der Waals surface area contributed by atoms with Crippen molar-refractivity contribution < 1.29 is 81.3 Å². The summed E-state index contributed by atoms with van der Waals surface area (Å²) >= 11 is 3.28. The normalized spacial score (nSPS) is 14.1. The number of hydrogen-bond acceptors (Lipinski definition) is 11. The highest BCUT2D eigenvalue weighted by Gasteiger charge is 2.38. The van der Waals surface area contributed by atoms with Gasteiger partial charge in [-0.05, 0) is 95.1 Å². The number of carbonyl (C=O) groups is 8. The smallest absolute Gasteiger partial charge is 0.261 e. The minimum absolute atomic E-state index is 0. The molecular weight excluding hydrogens is 1180 g/mol. The molecule has 0 radical (unpaired) electrons. The summed E-state index contributed by atoms with van der Waals surface area (Å²) < 4.78 is 1.72. The van der Waals surface area contributed by atoms with E-state index >= 15 is 0 Å². The standard InChI is InChI=1S/C24H26N3O4.C13H16N2O2.C11H10BrNO2.C8H22N3.CH4.2BrH/c1-27(2,15-7-13-25-21(28)17-9-3-4-10-18(17)22(25)29)16-8-14-26-23(30)19-11-5-6-12-20(19)24(26)31;1-14(2)8-5-9-15-12(16)10-6-3-4-7-11(10)13(15)17;12-6-3-7-13-10(14)8-4-1-2-5-9(8)11(13)15;1-11(2,7-3-5-9)8-4-6-10;;;/h3-6,9-12H,7-8,13-16H2,1-2H3;3-4,6-7H,5,8-9H2,1-2H3;1-2,4-5H,3,6-7H2;3-10H2,1-2H3;1H4;2*1H/q+1;;;+1;;;/p-2. The van der Waals surface area contributed by atoms with E-state index in [1.54, 1.807) is 97.1 Å². The van der Waals surface area contributed by atoms with Crippen LogP contribution < -0.4 is 45.4 Å². The Morgan fingerprint density at radius 3 is 0.805 bits per heavy atom. The number of nitrogens with two attached hydrogens (primary N) is 2. The van der Waals surface area contributed by atoms with Gasteiger partial charge in [-0.15, -0.1) is 0 Å². The van der Waals surface area contributed by atoms with Gasteiger partial charge >= 0.3 is 0 Å². The molecule has 8 rings (SSSR count). The van der Waals surface area contributed by atoms with Gasteiger partial charge in [0.1, 0.15) is 0 Å². The van der Waals surface area contributed by atoms with Crippen molar-refractivity contribution in [2.45, 2.75) is 46.0 Å². The van der Waals surface area contributed by atoms with Crippen LogP contribution in [0, 0.1) is 0 Å². The molecule has 0 unspecified atom stereocenters. The molecule has 0 aromatic heterocycles. The second kappa shape index (κ2) is 31.9. The lowest BCUT2D eigenvalue weighted by molar-refractivity contribution is -0.890. The Morgan fingerprint density at radius 1 is 0.390 bits per heavy atom. The van der Waals surface area contributed by atoms with Crippen LogP contribution in [0.3, 0.4) is 0 Å². The van der Waals surface area contributed by atoms with Gasteiger partial charge in [0, 0.05) is 57.2 Å². The van der Waals surface area contributed by atoms with Gasteiger partial charge in [-0.1, -0.05) is 71.9 Å². The molecule has 0 saturated carbocycles. The summed E-state index contributed by atoms with van der Waals surface area (Å²) in [4.78, 5) is 105. The Bertz CT molecular complexity index is 2450. The van der Waals surface area contributed by atoms with Crippen LogP contribution in [0.4, 0.5) is 0 Å². The fourth-order valence-electron chi connectivity index (χ4n) is 9.11. The maximum atomic E-state index is 12.5. The van der Waals surface area contributed by atoms with Crippen LogP contribution in [-0.4, -0.2) is 200 Å². The Hall–Kier alpha value is -5.32. The van der Waals surface area contributed by atoms with Crippen molar-refractivity contribution in [3.8, 4) is 0 Å². The predicted molar refractivity (Wildman–Crippen MR) is 296 cm³/mol. The molecule has 0 atom stereocenters. The zero-order valence-corrected chi connectivity index (χ0v) is 49.4. The number of hydrogen-bond donors (Lipinski definition) is 2. The average Bonchev–Trinajstić information content (AvgIpc) is 3.98. The molecule has 20 heteroatoms. The first-order chi connectivity index (χ1) is 35.3. The Kier molecular flexibility index (Phi) is 28.1. The maximum Gasteiger partial charge on any atom is 0.261 e. The summed E-state index contributed by atoms with van der Waals surface area (Å²) in [7, 11) is 12.6. The molecular formula is C57H78Br3N9O8. The number of nitrogens with zero attached hydrogens (tertiary/aromatic N) is 7. The van der Waals surface area contributed by atoms with Gasteiger partial charge in [0.05, 0.1) is 98.9 Å². The van der Waals surface area contributed by atoms with Crippen LogP contribution in [0.2, 0.25) is 0 Å². The number of carbonyl (C=O) groups excluding carboxylic acids is 8. The van der Waals surface area contributed by atoms with Crippen LogP contribution >= 0.6 is 15.9 Å². The van der Waals surface area contributed by atoms with Gasteiger partial charge in [-0.2, -0.15) is 0 Å². The van der Waals surface area contributed by atoms with E-state index in [0.29, 0.717) is 88.0 Å². The first-order valence-corrected chi connectivity index (χ1v) is 26.5. The highest BCUT2D eigenvalue weighted by atomic mass is 79.9. The van der Waals surface area contributed by atoms with Gasteiger partial charge in [0.15, 0.2) is 0 Å². The molecule has 0 fully saturated rings. The zero-order chi connectivity index (χ0) is 54.2. The fourth-order valence-corrected chi connectivity index (χ4v) is 9.36. The number of alkyl halides is 1. The summed E-state index contributed by atoms with van der Waals surface area (Å²) in [6.07, 6.45) is 5.18. The minimum atomic E-state index is -0.225. The fraction of sp³-hybridized carbons (Fsp3) is 0.439. The SMILES string of the molecule is C.CN(C)CCCN1C(=O)c2ccccc2C1=O.C[N+](C)(CCCN)CCCN.C[N+](C)(CCCN1C(=O)c2ccccc2C1=O)CCCN1C(=O)c2ccccc2C1=O.O=C1c2ccccc2C(=O)N1CCCBr.[Br-].[Br-]. The third-order valence-electron chi connectivity index (χ3n) is 13.2. The molecule has 4 aliphatic heterocycles. The Morgan fingerprint density at radius 2 is 0.597 bits per heavy atom. The van der Waals surface area contributed by atoms with E-state index in [0.717, 1.165) is 81.3 Å². The molecule has 8 amide bonds. The third-order valence-corrected chi connectivity index (χ3v) is 13.8. The van der Waals surface area contributed by atoms with E-state index in [-0.39, 0.29) is 88.6 Å². The molecule has 0 bridgehead atoms. The molecule has 0 spiro atoms. The number of fused-ring (bicyclic) bond motifs is 4. The van der Waals surface area contributed by atoms with E-state index < -0.39 is 0 Å². The van der Waals surface area contributed by atoms with Crippen molar-refractivity contribution in [1.29, 1.82) is 0 Å². The summed E-state index contributed by atoms with van der Waals surface area (Å²) in [5, 5.41) is 0.792. The number of quaternary nitrogens is 2. The summed E-state index contributed by atoms with van der Waals surface area (Å²) in [5.41, 5.74) is 14.9. The van der Waals surface area contributed by atoms with E-state index in [4.69, 9.17) is 11.5 Å². The van der Waals surface area contributed by atoms with Crippen LogP contribution in [-0.2, 0) is 0 Å². The lowest BCUT2D eigenvalue weighted by Gasteiger charge is -2.31. The lowest BCUT2D eigenvalue weighted by Crippen LogP contribution is -3.00. The zero-order valence-electron chi connectivity index (χ0n) is 44.7. The molecule has 0 aliphatic carbocycles. The Labute approximate surface area is 484 Å². The van der Waals surface area contributed by atoms with Gasteiger partial charge < -0.3 is 59.3 Å². The maximum absolute atomic E-state index is 12.5. The second-order valence-corrected chi connectivity index (χ2v) is 21.0. The van der Waals surface area contributed by atoms with E-state index in [9.17, 15) is 38.4 Å². The van der Waals surface area contributed by atoms with Crippen LogP contribution in [0.1, 0.15) is 129 Å². The molecule has 4 aliphatic rings. The van der Waals surface area contributed by atoms with Crippen molar-refractivity contribution in [2.75, 3.05) is 120 Å². The number of amides is 8. The summed E-state index contributed by atoms with van der Waals surface area (Å²) in [6.45, 7) is 8.07. The monoisotopic (exact) mass is 1250 g/mol. The first kappa shape index (κ1) is 67.8. The van der Waals surface area contributed by atoms with E-state index in [2.05, 4.69) is 44.1 Å². The average molecular weight is 1260 g/mol. The van der Waals surface area contributed by atoms with E-state index in [1.807, 2.05) is 19.0 Å². The molecule has 0 saturated heterocycles. The predicted octanol–water partition coefficient (Wildman–Crippen LogP) is 0.142. The molecule has 17 nitrogen and oxygen atoms in total. The van der Waals surface area contributed by atoms with Gasteiger partial charge in [0.25, 0.3) is 47.3 Å². The molecule has 77 heavy (non-hydrogen) atoms. The van der Waals surface area contributed by atoms with Crippen molar-refractivity contribution >= 4 is 63.2 Å². The number of rotatable bonds is 21. The molecule has 4 aromatic rings. The quantitative estimate of drug-likeness (QED) is 0.0653. The van der Waals surface area contributed by atoms with Crippen molar-refractivity contribution in [3.63, 3.8) is 0 Å². The van der Waals surface area contributed by atoms with Crippen molar-refractivity contribution in [3.05, 3.63) is 142 Å². The molecule has 420 valence electrons. The van der Waals surface area contributed by atoms with Crippen LogP contribution in [0.25, 0.3) is 0 Å². The summed E-state index contributed by atoms with van der Waals surface area (Å²) in [5.74, 6) is -1.57. The first-order valence-electron chi connectivity index (χ1n) is 25.3. The minimum Gasteiger partial charge on any atom is -1.00 e. The van der Waals surface area contributed by atoms with Gasteiger partial charge in [-0.3, -0.25) is 58.0 Å². The summed E-state index contributed by atoms with van der Waals surface area (Å²) in [6, 6.07) is 27.8. The largest absolute Gasteiger partial charge is 1.00 e. The second-order valence-electron chi connectivity index (χ2n) is 20.2. The third kappa shape index (κ3) is 17.8. The topological polar surface area (TPSA) is 205 Å². The molecule has 4 N–H and O–H groups in total. The van der Waals surface area contributed by atoms with Crippen molar-refractivity contribution in [1.82, 2.24) is 24.5 Å².